The number of piperazine rings is 1. The molecule has 0 unspecified atom stereocenters. The van der Waals surface area contributed by atoms with Crippen LogP contribution in [0.4, 0.5) is 0 Å². The zero-order chi connectivity index (χ0) is 20.1. The number of carbonyl (C=O) groups excluding carboxylic acids is 2. The molecule has 9 heteroatoms. The van der Waals surface area contributed by atoms with E-state index in [1.807, 2.05) is 24.0 Å². The smallest absolute Gasteiger partial charge is 0.243 e. The molecule has 1 aliphatic heterocycles. The van der Waals surface area contributed by atoms with Crippen molar-refractivity contribution in [2.75, 3.05) is 45.8 Å². The molecule has 2 N–H and O–H groups in total. The average molecular weight is 409 g/mol. The SMILES string of the molecule is CCNC(=O)CNC(=O)CN1CCN(S(=O)(=O)c2ccc3c(c2)CCC3)CC1. The second-order valence-corrected chi connectivity index (χ2v) is 9.13. The predicted molar refractivity (Wildman–Crippen MR) is 105 cm³/mol. The van der Waals surface area contributed by atoms with E-state index >= 15 is 0 Å². The Morgan fingerprint density at radius 3 is 2.43 bits per heavy atom. The lowest BCUT2D eigenvalue weighted by Gasteiger charge is -2.33. The Bertz CT molecular complexity index is 832. The molecule has 8 nitrogen and oxygen atoms in total. The van der Waals surface area contributed by atoms with Gasteiger partial charge in [0.2, 0.25) is 21.8 Å². The van der Waals surface area contributed by atoms with Crippen LogP contribution >= 0.6 is 0 Å². The average Bonchev–Trinajstić information content (AvgIpc) is 3.15. The van der Waals surface area contributed by atoms with Gasteiger partial charge in [-0.25, -0.2) is 8.42 Å². The summed E-state index contributed by atoms with van der Waals surface area (Å²) in [7, 11) is -3.51. The van der Waals surface area contributed by atoms with Crippen molar-refractivity contribution in [3.63, 3.8) is 0 Å². The van der Waals surface area contributed by atoms with Crippen LogP contribution in [0.1, 0.15) is 24.5 Å². The van der Waals surface area contributed by atoms with Gasteiger partial charge in [0.25, 0.3) is 0 Å². The van der Waals surface area contributed by atoms with Crippen molar-refractivity contribution in [1.29, 1.82) is 0 Å². The molecule has 0 bridgehead atoms. The van der Waals surface area contributed by atoms with Gasteiger partial charge in [0.05, 0.1) is 18.0 Å². The molecule has 0 saturated carbocycles. The number of nitrogens with zero attached hydrogens (tertiary/aromatic N) is 2. The van der Waals surface area contributed by atoms with Gasteiger partial charge in [-0.05, 0) is 49.4 Å². The molecule has 1 aliphatic carbocycles. The first-order valence-electron chi connectivity index (χ1n) is 9.78. The van der Waals surface area contributed by atoms with E-state index in [1.54, 1.807) is 6.07 Å². The van der Waals surface area contributed by atoms with E-state index in [4.69, 9.17) is 0 Å². The van der Waals surface area contributed by atoms with E-state index in [0.29, 0.717) is 37.6 Å². The lowest BCUT2D eigenvalue weighted by atomic mass is 10.1. The van der Waals surface area contributed by atoms with Crippen LogP contribution in [0, 0.1) is 0 Å². The number of fused-ring (bicyclic) bond motifs is 1. The number of carbonyl (C=O) groups is 2. The molecule has 1 aromatic rings. The van der Waals surface area contributed by atoms with E-state index < -0.39 is 10.0 Å². The number of hydrogen-bond donors (Lipinski definition) is 2. The van der Waals surface area contributed by atoms with Crippen LogP contribution in [-0.4, -0.2) is 75.3 Å². The summed E-state index contributed by atoms with van der Waals surface area (Å²) in [6.45, 7) is 4.13. The fourth-order valence-corrected chi connectivity index (χ4v) is 5.16. The molecule has 2 aliphatic rings. The van der Waals surface area contributed by atoms with Crippen molar-refractivity contribution in [2.45, 2.75) is 31.1 Å². The third kappa shape index (κ3) is 4.89. The molecule has 3 rings (SSSR count). The van der Waals surface area contributed by atoms with E-state index in [1.165, 1.54) is 9.87 Å². The molecule has 28 heavy (non-hydrogen) atoms. The molecule has 1 fully saturated rings. The van der Waals surface area contributed by atoms with Gasteiger partial charge >= 0.3 is 0 Å². The number of benzene rings is 1. The molecule has 0 radical (unpaired) electrons. The minimum atomic E-state index is -3.51. The minimum Gasteiger partial charge on any atom is -0.355 e. The third-order valence-corrected chi connectivity index (χ3v) is 7.12. The van der Waals surface area contributed by atoms with Crippen molar-refractivity contribution in [3.05, 3.63) is 29.3 Å². The van der Waals surface area contributed by atoms with Gasteiger partial charge in [-0.3, -0.25) is 14.5 Å². The number of likely N-dealkylation sites (N-methyl/N-ethyl adjacent to an activating group) is 1. The summed E-state index contributed by atoms with van der Waals surface area (Å²) in [5, 5.41) is 5.20. The number of aryl methyl sites for hydroxylation is 2. The minimum absolute atomic E-state index is 0.0423. The van der Waals surface area contributed by atoms with E-state index in [2.05, 4.69) is 10.6 Å². The highest BCUT2D eigenvalue weighted by atomic mass is 32.2. The van der Waals surface area contributed by atoms with Gasteiger partial charge in [-0.15, -0.1) is 0 Å². The largest absolute Gasteiger partial charge is 0.355 e. The van der Waals surface area contributed by atoms with Crippen LogP contribution in [0.15, 0.2) is 23.1 Å². The summed E-state index contributed by atoms with van der Waals surface area (Å²) in [4.78, 5) is 25.6. The maximum Gasteiger partial charge on any atom is 0.243 e. The van der Waals surface area contributed by atoms with Gasteiger partial charge in [-0.1, -0.05) is 6.07 Å². The van der Waals surface area contributed by atoms with Crippen molar-refractivity contribution in [3.8, 4) is 0 Å². The molecule has 2 amide bonds. The fraction of sp³-hybridized carbons (Fsp3) is 0.579. The molecular weight excluding hydrogens is 380 g/mol. The molecule has 1 saturated heterocycles. The van der Waals surface area contributed by atoms with Crippen LogP contribution in [0.2, 0.25) is 0 Å². The standard InChI is InChI=1S/C19H28N4O4S/c1-2-20-18(24)13-21-19(25)14-22-8-10-23(11-9-22)28(26,27)17-7-6-15-4-3-5-16(15)12-17/h6-7,12H,2-5,8-11,13-14H2,1H3,(H,20,24)(H,21,25). The summed E-state index contributed by atoms with van der Waals surface area (Å²) in [6.07, 6.45) is 3.05. The Morgan fingerprint density at radius 2 is 1.71 bits per heavy atom. The number of sulfonamides is 1. The van der Waals surface area contributed by atoms with Gasteiger partial charge in [-0.2, -0.15) is 4.31 Å². The topological polar surface area (TPSA) is 98.8 Å². The maximum absolute atomic E-state index is 12.9. The van der Waals surface area contributed by atoms with Crippen molar-refractivity contribution in [1.82, 2.24) is 19.8 Å². The molecule has 0 atom stereocenters. The number of hydrogen-bond acceptors (Lipinski definition) is 5. The monoisotopic (exact) mass is 408 g/mol. The lowest BCUT2D eigenvalue weighted by Crippen LogP contribution is -2.51. The molecule has 1 heterocycles. The molecule has 154 valence electrons. The Morgan fingerprint density at radius 1 is 1.00 bits per heavy atom. The number of amides is 2. The van der Waals surface area contributed by atoms with Crippen LogP contribution in [-0.2, 0) is 32.5 Å². The molecule has 0 aromatic heterocycles. The van der Waals surface area contributed by atoms with E-state index in [9.17, 15) is 18.0 Å². The summed E-state index contributed by atoms with van der Waals surface area (Å²) >= 11 is 0. The van der Waals surface area contributed by atoms with Crippen molar-refractivity contribution in [2.24, 2.45) is 0 Å². The van der Waals surface area contributed by atoms with Gasteiger partial charge < -0.3 is 10.6 Å². The normalized spacial score (nSPS) is 17.9. The van der Waals surface area contributed by atoms with Crippen molar-refractivity contribution < 1.29 is 18.0 Å². The Balaban J connectivity index is 1.50. The second kappa shape index (κ2) is 9.02. The highest BCUT2D eigenvalue weighted by Gasteiger charge is 2.29. The maximum atomic E-state index is 12.9. The number of nitrogens with one attached hydrogen (secondary N) is 2. The Hall–Kier alpha value is -1.97. The summed E-state index contributed by atoms with van der Waals surface area (Å²) in [5.41, 5.74) is 2.39. The first kappa shape index (κ1) is 20.8. The van der Waals surface area contributed by atoms with Gasteiger partial charge in [0.15, 0.2) is 0 Å². The van der Waals surface area contributed by atoms with Crippen LogP contribution in [0.5, 0.6) is 0 Å². The summed E-state index contributed by atoms with van der Waals surface area (Å²) in [6, 6.07) is 5.46. The highest BCUT2D eigenvalue weighted by Crippen LogP contribution is 2.26. The number of rotatable bonds is 7. The van der Waals surface area contributed by atoms with E-state index in [0.717, 1.165) is 24.8 Å². The molecular formula is C19H28N4O4S. The molecule has 1 aromatic carbocycles. The van der Waals surface area contributed by atoms with Crippen molar-refractivity contribution >= 4 is 21.8 Å². The van der Waals surface area contributed by atoms with Gasteiger partial charge in [0, 0.05) is 32.7 Å². The highest BCUT2D eigenvalue weighted by molar-refractivity contribution is 7.89. The van der Waals surface area contributed by atoms with Crippen LogP contribution in [0.25, 0.3) is 0 Å². The lowest BCUT2D eigenvalue weighted by molar-refractivity contribution is -0.126. The Kier molecular flexibility index (Phi) is 6.69. The first-order chi connectivity index (χ1) is 13.4. The van der Waals surface area contributed by atoms with Crippen LogP contribution < -0.4 is 10.6 Å². The summed E-state index contributed by atoms with van der Waals surface area (Å²) < 4.78 is 27.4. The zero-order valence-electron chi connectivity index (χ0n) is 16.2. The zero-order valence-corrected chi connectivity index (χ0v) is 17.1. The van der Waals surface area contributed by atoms with E-state index in [-0.39, 0.29) is 24.9 Å². The fourth-order valence-electron chi connectivity index (χ4n) is 3.68. The predicted octanol–water partition coefficient (Wildman–Crippen LogP) is -0.266. The second-order valence-electron chi connectivity index (χ2n) is 7.19. The van der Waals surface area contributed by atoms with Gasteiger partial charge in [0.1, 0.15) is 0 Å². The first-order valence-corrected chi connectivity index (χ1v) is 11.2. The Labute approximate surface area is 166 Å². The summed E-state index contributed by atoms with van der Waals surface area (Å²) in [5.74, 6) is -0.456. The molecule has 0 spiro atoms. The third-order valence-electron chi connectivity index (χ3n) is 5.23. The van der Waals surface area contributed by atoms with Crippen LogP contribution in [0.3, 0.4) is 0 Å². The quantitative estimate of drug-likeness (QED) is 0.647.